The first-order valence-corrected chi connectivity index (χ1v) is 8.19. The van der Waals surface area contributed by atoms with Crippen LogP contribution in [-0.4, -0.2) is 47.9 Å². The summed E-state index contributed by atoms with van der Waals surface area (Å²) in [7, 11) is 0. The third kappa shape index (κ3) is 2.68. The molecule has 0 bridgehead atoms. The Bertz CT molecular complexity index is 427. The van der Waals surface area contributed by atoms with E-state index in [0.717, 1.165) is 39.0 Å². The highest BCUT2D eigenvalue weighted by Crippen LogP contribution is 2.68. The molecule has 1 unspecified atom stereocenters. The van der Waals surface area contributed by atoms with Gasteiger partial charge in [0.15, 0.2) is 0 Å². The van der Waals surface area contributed by atoms with Gasteiger partial charge in [-0.3, -0.25) is 9.69 Å². The highest BCUT2D eigenvalue weighted by atomic mass is 16.2. The van der Waals surface area contributed by atoms with Crippen LogP contribution in [0.5, 0.6) is 0 Å². The first-order chi connectivity index (χ1) is 9.77. The molecule has 2 fully saturated rings. The van der Waals surface area contributed by atoms with Gasteiger partial charge in [0.05, 0.1) is 12.1 Å². The van der Waals surface area contributed by atoms with Crippen LogP contribution in [-0.2, 0) is 4.79 Å². The lowest BCUT2D eigenvalue weighted by molar-refractivity contribution is -0.135. The number of nitrogens with zero attached hydrogens (tertiary/aromatic N) is 3. The fraction of sp³-hybridized carbons (Fsp3) is 0.882. The summed E-state index contributed by atoms with van der Waals surface area (Å²) in [5.41, 5.74) is 0.219. The minimum atomic E-state index is 0.0149. The number of carbonyl (C=O) groups excluding carboxylic acids is 1. The zero-order valence-corrected chi connectivity index (χ0v) is 14.1. The molecule has 0 aromatic carbocycles. The van der Waals surface area contributed by atoms with Gasteiger partial charge in [-0.1, -0.05) is 41.0 Å². The summed E-state index contributed by atoms with van der Waals surface area (Å²) in [5.74, 6) is 0.465. The molecule has 0 spiro atoms. The summed E-state index contributed by atoms with van der Waals surface area (Å²) in [5, 5.41) is 9.25. The minimum absolute atomic E-state index is 0.0149. The number of rotatable bonds is 4. The maximum Gasteiger partial charge on any atom is 0.226 e. The summed E-state index contributed by atoms with van der Waals surface area (Å²) >= 11 is 0. The predicted octanol–water partition coefficient (Wildman–Crippen LogP) is 2.51. The number of piperazine rings is 1. The van der Waals surface area contributed by atoms with Crippen LogP contribution in [0.15, 0.2) is 0 Å². The van der Waals surface area contributed by atoms with E-state index in [9.17, 15) is 10.1 Å². The van der Waals surface area contributed by atoms with Crippen LogP contribution in [0, 0.1) is 28.1 Å². The van der Waals surface area contributed by atoms with Gasteiger partial charge in [0.2, 0.25) is 5.91 Å². The van der Waals surface area contributed by atoms with Gasteiger partial charge in [-0.2, -0.15) is 5.26 Å². The van der Waals surface area contributed by atoms with E-state index >= 15 is 0 Å². The first-order valence-electron chi connectivity index (χ1n) is 8.19. The molecule has 0 radical (unpaired) electrons. The molecule has 1 saturated heterocycles. The van der Waals surface area contributed by atoms with Crippen LogP contribution in [0.1, 0.15) is 47.5 Å². The van der Waals surface area contributed by atoms with Crippen molar-refractivity contribution in [2.75, 3.05) is 26.2 Å². The van der Waals surface area contributed by atoms with E-state index in [0.29, 0.717) is 5.91 Å². The normalized spacial score (nSPS) is 26.2. The lowest BCUT2D eigenvalue weighted by Crippen LogP contribution is -2.52. The van der Waals surface area contributed by atoms with Gasteiger partial charge >= 0.3 is 0 Å². The molecule has 1 aliphatic heterocycles. The summed E-state index contributed by atoms with van der Waals surface area (Å²) in [6, 6.07) is 2.42. The van der Waals surface area contributed by atoms with Crippen molar-refractivity contribution in [3.05, 3.63) is 0 Å². The van der Waals surface area contributed by atoms with Gasteiger partial charge in [-0.05, 0) is 17.3 Å². The minimum Gasteiger partial charge on any atom is -0.340 e. The third-order valence-electron chi connectivity index (χ3n) is 6.05. The lowest BCUT2D eigenvalue weighted by Gasteiger charge is -2.37. The maximum absolute atomic E-state index is 12.7. The van der Waals surface area contributed by atoms with E-state index < -0.39 is 0 Å². The zero-order valence-electron chi connectivity index (χ0n) is 14.1. The van der Waals surface area contributed by atoms with Gasteiger partial charge in [-0.15, -0.1) is 0 Å². The van der Waals surface area contributed by atoms with Gasteiger partial charge < -0.3 is 4.90 Å². The zero-order chi connectivity index (χ0) is 15.8. The fourth-order valence-corrected chi connectivity index (χ4v) is 3.85. The Hall–Kier alpha value is -1.08. The fourth-order valence-electron chi connectivity index (χ4n) is 3.85. The number of nitriles is 1. The molecule has 4 heteroatoms. The van der Waals surface area contributed by atoms with E-state index in [1.807, 2.05) is 4.90 Å². The quantitative estimate of drug-likeness (QED) is 0.799. The number of carbonyl (C=O) groups is 1. The van der Waals surface area contributed by atoms with Crippen molar-refractivity contribution in [1.29, 1.82) is 5.26 Å². The molecule has 0 aromatic heterocycles. The number of hydrogen-bond donors (Lipinski definition) is 0. The largest absolute Gasteiger partial charge is 0.340 e. The second kappa shape index (κ2) is 5.61. The van der Waals surface area contributed by atoms with Crippen molar-refractivity contribution in [3.8, 4) is 6.07 Å². The molecule has 21 heavy (non-hydrogen) atoms. The predicted molar refractivity (Wildman–Crippen MR) is 83.5 cm³/mol. The monoisotopic (exact) mass is 291 g/mol. The average Bonchev–Trinajstić information content (AvgIpc) is 2.85. The topological polar surface area (TPSA) is 47.3 Å². The molecule has 1 atom stereocenters. The molecule has 2 aliphatic rings. The molecule has 2 rings (SSSR count). The van der Waals surface area contributed by atoms with Crippen LogP contribution in [0.2, 0.25) is 0 Å². The van der Waals surface area contributed by atoms with E-state index in [4.69, 9.17) is 0 Å². The van der Waals surface area contributed by atoms with Crippen molar-refractivity contribution in [2.45, 2.75) is 53.5 Å². The van der Waals surface area contributed by atoms with Crippen molar-refractivity contribution in [1.82, 2.24) is 9.80 Å². The maximum atomic E-state index is 12.7. The molecule has 0 N–H and O–H groups in total. The molecule has 1 amide bonds. The van der Waals surface area contributed by atoms with Crippen molar-refractivity contribution in [2.24, 2.45) is 16.7 Å². The van der Waals surface area contributed by atoms with Gasteiger partial charge in [0.25, 0.3) is 0 Å². The molecule has 118 valence electrons. The Morgan fingerprint density at radius 3 is 2.10 bits per heavy atom. The Labute approximate surface area is 129 Å². The first kappa shape index (κ1) is 16.3. The summed E-state index contributed by atoms with van der Waals surface area (Å²) in [4.78, 5) is 17.0. The van der Waals surface area contributed by atoms with Crippen LogP contribution in [0.3, 0.4) is 0 Å². The molecule has 1 aliphatic carbocycles. The van der Waals surface area contributed by atoms with Crippen molar-refractivity contribution in [3.63, 3.8) is 0 Å². The number of hydrogen-bond acceptors (Lipinski definition) is 3. The van der Waals surface area contributed by atoms with E-state index in [1.165, 1.54) is 0 Å². The van der Waals surface area contributed by atoms with Gasteiger partial charge in [0.1, 0.15) is 0 Å². The van der Waals surface area contributed by atoms with Crippen LogP contribution >= 0.6 is 0 Å². The van der Waals surface area contributed by atoms with Crippen molar-refractivity contribution < 1.29 is 4.79 Å². The second-order valence-corrected chi connectivity index (χ2v) is 7.67. The number of amides is 1. The summed E-state index contributed by atoms with van der Waals surface area (Å²) in [6.45, 7) is 14.1. The van der Waals surface area contributed by atoms with E-state index in [1.54, 1.807) is 0 Å². The summed E-state index contributed by atoms with van der Waals surface area (Å²) in [6.07, 6.45) is 1.95. The Balaban J connectivity index is 1.91. The van der Waals surface area contributed by atoms with Gasteiger partial charge in [-0.25, -0.2) is 0 Å². The Morgan fingerprint density at radius 1 is 1.19 bits per heavy atom. The molecule has 4 nitrogen and oxygen atoms in total. The highest BCUT2D eigenvalue weighted by molar-refractivity contribution is 5.84. The SMILES string of the molecule is CCCC(C#N)N1CCN(C(=O)C2C(C)(C)C2(C)C)CC1. The standard InChI is InChI=1S/C17H29N3O/c1-6-7-13(12-18)19-8-10-20(11-9-19)15(21)14-16(2,3)17(14,4)5/h13-14H,6-11H2,1-5H3. The average molecular weight is 291 g/mol. The second-order valence-electron chi connectivity index (χ2n) is 7.67. The smallest absolute Gasteiger partial charge is 0.226 e. The van der Waals surface area contributed by atoms with Crippen molar-refractivity contribution >= 4 is 5.91 Å². The molecular weight excluding hydrogens is 262 g/mol. The highest BCUT2D eigenvalue weighted by Gasteiger charge is 2.68. The molecule has 1 heterocycles. The van der Waals surface area contributed by atoms with E-state index in [2.05, 4.69) is 45.6 Å². The summed E-state index contributed by atoms with van der Waals surface area (Å²) < 4.78 is 0. The molecule has 1 saturated carbocycles. The van der Waals surface area contributed by atoms with Gasteiger partial charge in [0, 0.05) is 32.1 Å². The Morgan fingerprint density at radius 2 is 1.71 bits per heavy atom. The molecular formula is C17H29N3O. The Kier molecular flexibility index (Phi) is 4.35. The van der Waals surface area contributed by atoms with Crippen LogP contribution in [0.25, 0.3) is 0 Å². The lowest BCUT2D eigenvalue weighted by atomic mass is 10.0. The third-order valence-corrected chi connectivity index (χ3v) is 6.05. The van der Waals surface area contributed by atoms with Crippen LogP contribution in [0.4, 0.5) is 0 Å². The molecule has 0 aromatic rings. The van der Waals surface area contributed by atoms with E-state index in [-0.39, 0.29) is 22.8 Å². The van der Waals surface area contributed by atoms with Crippen LogP contribution < -0.4 is 0 Å².